The summed E-state index contributed by atoms with van der Waals surface area (Å²) >= 11 is 0. The number of hydrogen-bond donors (Lipinski definition) is 0. The lowest BCUT2D eigenvalue weighted by molar-refractivity contribution is 0.128. The third-order valence-corrected chi connectivity index (χ3v) is 4.31. The second-order valence-electron chi connectivity index (χ2n) is 5.93. The van der Waals surface area contributed by atoms with E-state index in [-0.39, 0.29) is 0 Å². The number of nitrogens with zero attached hydrogens (tertiary/aromatic N) is 5. The first kappa shape index (κ1) is 15.2. The van der Waals surface area contributed by atoms with Crippen molar-refractivity contribution in [3.05, 3.63) is 47.5 Å². The first-order valence-corrected chi connectivity index (χ1v) is 8.13. The molecule has 0 saturated carbocycles. The summed E-state index contributed by atoms with van der Waals surface area (Å²) < 4.78 is 2.05. The maximum absolute atomic E-state index is 4.64. The van der Waals surface area contributed by atoms with Crippen LogP contribution in [0.5, 0.6) is 0 Å². The van der Waals surface area contributed by atoms with E-state index in [1.807, 2.05) is 13.0 Å². The Morgan fingerprint density at radius 1 is 0.955 bits per heavy atom. The van der Waals surface area contributed by atoms with Gasteiger partial charge in [0.1, 0.15) is 11.6 Å². The Balaban J connectivity index is 1.66. The number of benzene rings is 1. The van der Waals surface area contributed by atoms with E-state index in [4.69, 9.17) is 0 Å². The summed E-state index contributed by atoms with van der Waals surface area (Å²) in [6.07, 6.45) is 0. The van der Waals surface area contributed by atoms with Crippen molar-refractivity contribution < 1.29 is 0 Å². The second kappa shape index (κ2) is 7.03. The van der Waals surface area contributed by atoms with Gasteiger partial charge in [-0.15, -0.1) is 0 Å². The van der Waals surface area contributed by atoms with Gasteiger partial charge in [0, 0.05) is 26.2 Å². The molecule has 0 spiro atoms. The first-order valence-electron chi connectivity index (χ1n) is 8.13. The van der Waals surface area contributed by atoms with Crippen LogP contribution in [-0.2, 0) is 13.1 Å². The highest BCUT2D eigenvalue weighted by Gasteiger charge is 2.18. The molecule has 0 unspecified atom stereocenters. The minimum Gasteiger partial charge on any atom is -0.301 e. The fourth-order valence-electron chi connectivity index (χ4n) is 2.96. The summed E-state index contributed by atoms with van der Waals surface area (Å²) in [7, 11) is 0. The van der Waals surface area contributed by atoms with Crippen molar-refractivity contribution in [2.45, 2.75) is 26.9 Å². The molecule has 0 atom stereocenters. The Morgan fingerprint density at radius 2 is 1.64 bits per heavy atom. The van der Waals surface area contributed by atoms with Crippen LogP contribution in [-0.4, -0.2) is 57.3 Å². The van der Waals surface area contributed by atoms with E-state index in [0.717, 1.165) is 57.5 Å². The van der Waals surface area contributed by atoms with Gasteiger partial charge in [0.2, 0.25) is 0 Å². The summed E-state index contributed by atoms with van der Waals surface area (Å²) in [6.45, 7) is 11.6. The number of aryl methyl sites for hydroxylation is 1. The molecule has 22 heavy (non-hydrogen) atoms. The molecule has 1 aromatic carbocycles. The average molecular weight is 299 g/mol. The van der Waals surface area contributed by atoms with E-state index in [9.17, 15) is 0 Å². The monoisotopic (exact) mass is 299 g/mol. The summed E-state index contributed by atoms with van der Waals surface area (Å²) in [5.41, 5.74) is 1.27. The van der Waals surface area contributed by atoms with Crippen LogP contribution in [0.3, 0.4) is 0 Å². The third-order valence-electron chi connectivity index (χ3n) is 4.31. The highest BCUT2D eigenvalue weighted by Crippen LogP contribution is 2.10. The number of likely N-dealkylation sites (N-methyl/N-ethyl adjacent to an activating group) is 1. The van der Waals surface area contributed by atoms with E-state index in [1.54, 1.807) is 0 Å². The highest BCUT2D eigenvalue weighted by molar-refractivity contribution is 5.15. The Labute approximate surface area is 132 Å². The molecule has 1 aliphatic heterocycles. The van der Waals surface area contributed by atoms with Crippen LogP contribution in [0.2, 0.25) is 0 Å². The van der Waals surface area contributed by atoms with Gasteiger partial charge in [0.15, 0.2) is 0 Å². The summed E-state index contributed by atoms with van der Waals surface area (Å²) in [5, 5.41) is 4.57. The molecule has 1 fully saturated rings. The molecule has 1 saturated heterocycles. The maximum atomic E-state index is 4.64. The molecule has 118 valence electrons. The van der Waals surface area contributed by atoms with E-state index in [1.165, 1.54) is 5.56 Å². The van der Waals surface area contributed by atoms with Gasteiger partial charge in [0.25, 0.3) is 0 Å². The molecule has 0 N–H and O–H groups in total. The van der Waals surface area contributed by atoms with Crippen molar-refractivity contribution in [3.8, 4) is 0 Å². The minimum absolute atomic E-state index is 0.798. The fourth-order valence-corrected chi connectivity index (χ4v) is 2.96. The molecular weight excluding hydrogens is 274 g/mol. The molecule has 0 aliphatic carbocycles. The lowest BCUT2D eigenvalue weighted by Gasteiger charge is -2.33. The number of aromatic nitrogens is 3. The molecule has 0 radical (unpaired) electrons. The van der Waals surface area contributed by atoms with Crippen molar-refractivity contribution in [2.24, 2.45) is 0 Å². The van der Waals surface area contributed by atoms with Crippen molar-refractivity contribution in [1.29, 1.82) is 0 Å². The molecule has 3 rings (SSSR count). The number of hydrogen-bond acceptors (Lipinski definition) is 4. The van der Waals surface area contributed by atoms with E-state index >= 15 is 0 Å². The van der Waals surface area contributed by atoms with E-state index in [0.29, 0.717) is 0 Å². The van der Waals surface area contributed by atoms with Crippen LogP contribution in [0.1, 0.15) is 24.1 Å². The van der Waals surface area contributed by atoms with Crippen LogP contribution >= 0.6 is 0 Å². The quantitative estimate of drug-likeness (QED) is 0.843. The first-order chi connectivity index (χ1) is 10.7. The van der Waals surface area contributed by atoms with E-state index in [2.05, 4.69) is 55.8 Å². The molecule has 0 amide bonds. The van der Waals surface area contributed by atoms with Gasteiger partial charge >= 0.3 is 0 Å². The smallest absolute Gasteiger partial charge is 0.147 e. The van der Waals surface area contributed by atoms with Crippen molar-refractivity contribution in [1.82, 2.24) is 24.6 Å². The van der Waals surface area contributed by atoms with Crippen molar-refractivity contribution in [3.63, 3.8) is 0 Å². The van der Waals surface area contributed by atoms with Gasteiger partial charge in [0.05, 0.1) is 13.1 Å². The normalized spacial score (nSPS) is 17.0. The Hall–Kier alpha value is -1.72. The van der Waals surface area contributed by atoms with E-state index < -0.39 is 0 Å². The van der Waals surface area contributed by atoms with Crippen LogP contribution in [0.4, 0.5) is 0 Å². The van der Waals surface area contributed by atoms with Crippen molar-refractivity contribution in [2.75, 3.05) is 32.7 Å². The maximum Gasteiger partial charge on any atom is 0.147 e. The predicted octanol–water partition coefficient (Wildman–Crippen LogP) is 1.77. The SMILES string of the molecule is CCN1CCN(Cc2nc(C)nn2Cc2ccccc2)CC1. The molecule has 2 aromatic rings. The zero-order valence-corrected chi connectivity index (χ0v) is 13.6. The third kappa shape index (κ3) is 3.72. The molecular formula is C17H25N5. The Bertz CT molecular complexity index is 584. The fraction of sp³-hybridized carbons (Fsp3) is 0.529. The lowest BCUT2D eigenvalue weighted by Crippen LogP contribution is -2.45. The lowest BCUT2D eigenvalue weighted by atomic mass is 10.2. The number of rotatable bonds is 5. The standard InChI is InChI=1S/C17H25N5/c1-3-20-9-11-21(12-10-20)14-17-18-15(2)19-22(17)13-16-7-5-4-6-8-16/h4-8H,3,9-14H2,1-2H3. The van der Waals surface area contributed by atoms with Crippen molar-refractivity contribution >= 4 is 0 Å². The summed E-state index contributed by atoms with van der Waals surface area (Å²) in [4.78, 5) is 9.62. The molecule has 5 nitrogen and oxygen atoms in total. The molecule has 1 aliphatic rings. The van der Waals surface area contributed by atoms with Crippen LogP contribution in [0.15, 0.2) is 30.3 Å². The minimum atomic E-state index is 0.798. The van der Waals surface area contributed by atoms with Gasteiger partial charge in [-0.25, -0.2) is 9.67 Å². The zero-order valence-electron chi connectivity index (χ0n) is 13.6. The van der Waals surface area contributed by atoms with Gasteiger partial charge in [-0.2, -0.15) is 5.10 Å². The zero-order chi connectivity index (χ0) is 15.4. The molecule has 2 heterocycles. The molecule has 0 bridgehead atoms. The van der Waals surface area contributed by atoms with Crippen LogP contribution in [0, 0.1) is 6.92 Å². The molecule has 1 aromatic heterocycles. The second-order valence-corrected chi connectivity index (χ2v) is 5.93. The highest BCUT2D eigenvalue weighted by atomic mass is 15.4. The topological polar surface area (TPSA) is 37.2 Å². The largest absolute Gasteiger partial charge is 0.301 e. The Morgan fingerprint density at radius 3 is 2.32 bits per heavy atom. The summed E-state index contributed by atoms with van der Waals surface area (Å²) in [5.74, 6) is 1.93. The van der Waals surface area contributed by atoms with Gasteiger partial charge < -0.3 is 4.90 Å². The number of piperazine rings is 1. The van der Waals surface area contributed by atoms with Crippen LogP contribution < -0.4 is 0 Å². The van der Waals surface area contributed by atoms with Gasteiger partial charge in [-0.3, -0.25) is 4.90 Å². The van der Waals surface area contributed by atoms with Crippen LogP contribution in [0.25, 0.3) is 0 Å². The molecule has 5 heteroatoms. The average Bonchev–Trinajstić information content (AvgIpc) is 2.88. The van der Waals surface area contributed by atoms with Gasteiger partial charge in [-0.1, -0.05) is 37.3 Å². The van der Waals surface area contributed by atoms with Gasteiger partial charge in [-0.05, 0) is 19.0 Å². The summed E-state index contributed by atoms with van der Waals surface area (Å²) in [6, 6.07) is 10.5. The Kier molecular flexibility index (Phi) is 4.85. The predicted molar refractivity (Wildman–Crippen MR) is 87.7 cm³/mol.